The number of sulfone groups is 1. The summed E-state index contributed by atoms with van der Waals surface area (Å²) in [4.78, 5) is 10.6. The molecule has 1 heterocycles. The molecule has 0 saturated carbocycles. The van der Waals surface area contributed by atoms with Gasteiger partial charge in [0.25, 0.3) is 5.69 Å². The van der Waals surface area contributed by atoms with Crippen LogP contribution >= 0.6 is 11.8 Å². The fourth-order valence-electron chi connectivity index (χ4n) is 2.71. The summed E-state index contributed by atoms with van der Waals surface area (Å²) < 4.78 is 27.3. The minimum Gasteiger partial charge on any atom is -0.301 e. The Bertz CT molecular complexity index is 1150. The Kier molecular flexibility index (Phi) is 6.68. The monoisotopic (exact) mass is 444 g/mol. The number of hydrogen-bond donors (Lipinski definition) is 0. The lowest BCUT2D eigenvalue weighted by molar-refractivity contribution is -0.384. The van der Waals surface area contributed by atoms with Crippen molar-refractivity contribution in [3.63, 3.8) is 0 Å². The quantitative estimate of drug-likeness (QED) is 0.213. The third-order valence-electron chi connectivity index (χ3n) is 4.32. The van der Waals surface area contributed by atoms with E-state index in [1.54, 1.807) is 47.0 Å². The normalized spacial score (nSPS) is 11.4. The fourth-order valence-corrected chi connectivity index (χ4v) is 4.90. The Morgan fingerprint density at radius 1 is 1.13 bits per heavy atom. The molecule has 0 N–H and O–H groups in total. The number of rotatable bonds is 9. The zero-order valence-corrected chi connectivity index (χ0v) is 17.9. The van der Waals surface area contributed by atoms with Gasteiger partial charge in [-0.25, -0.2) is 8.42 Å². The Balaban J connectivity index is 1.78. The highest BCUT2D eigenvalue weighted by atomic mass is 32.2. The van der Waals surface area contributed by atoms with Crippen LogP contribution in [0.1, 0.15) is 17.0 Å². The van der Waals surface area contributed by atoms with Crippen LogP contribution in [0.2, 0.25) is 0 Å². The van der Waals surface area contributed by atoms with Gasteiger partial charge in [-0.15, -0.1) is 16.8 Å². The van der Waals surface area contributed by atoms with Gasteiger partial charge in [0.1, 0.15) is 11.6 Å². The number of nitro groups is 1. The molecule has 0 amide bonds. The first-order valence-electron chi connectivity index (χ1n) is 8.98. The first-order chi connectivity index (χ1) is 14.3. The molecule has 156 valence electrons. The van der Waals surface area contributed by atoms with E-state index in [0.717, 1.165) is 11.1 Å². The van der Waals surface area contributed by atoms with Crippen LogP contribution in [0.3, 0.4) is 0 Å². The van der Waals surface area contributed by atoms with Gasteiger partial charge in [-0.05, 0) is 24.6 Å². The smallest absolute Gasteiger partial charge is 0.269 e. The van der Waals surface area contributed by atoms with Gasteiger partial charge in [-0.3, -0.25) is 10.1 Å². The van der Waals surface area contributed by atoms with Gasteiger partial charge in [0.2, 0.25) is 0 Å². The highest BCUT2D eigenvalue weighted by Gasteiger charge is 2.21. The number of aromatic nitrogens is 3. The first-order valence-corrected chi connectivity index (χ1v) is 11.6. The van der Waals surface area contributed by atoms with Crippen molar-refractivity contribution in [2.45, 2.75) is 35.0 Å². The van der Waals surface area contributed by atoms with Crippen molar-refractivity contribution in [3.8, 4) is 0 Å². The van der Waals surface area contributed by atoms with Gasteiger partial charge in [0, 0.05) is 24.4 Å². The summed E-state index contributed by atoms with van der Waals surface area (Å²) in [5.74, 6) is 0.578. The van der Waals surface area contributed by atoms with E-state index in [1.165, 1.54) is 23.9 Å². The van der Waals surface area contributed by atoms with E-state index in [0.29, 0.717) is 23.3 Å². The predicted octanol–water partition coefficient (Wildman–Crippen LogP) is 3.95. The number of nitro benzene ring substituents is 1. The van der Waals surface area contributed by atoms with E-state index in [4.69, 9.17) is 0 Å². The number of benzene rings is 2. The standard InChI is InChI=1S/C20H20N4O4S2/c1-3-12-23-19(14-30(27,28)18-10-4-15(2)5-11-18)21-22-20(23)29-13-16-6-8-17(9-7-16)24(25)26/h3-11H,1,12-14H2,2H3. The average Bonchev–Trinajstić information content (AvgIpc) is 3.08. The molecule has 30 heavy (non-hydrogen) atoms. The average molecular weight is 445 g/mol. The molecule has 10 heteroatoms. The number of aryl methyl sites for hydroxylation is 1. The fraction of sp³-hybridized carbons (Fsp3) is 0.200. The lowest BCUT2D eigenvalue weighted by atomic mass is 10.2. The van der Waals surface area contributed by atoms with Crippen LogP contribution in [-0.4, -0.2) is 28.1 Å². The summed E-state index contributed by atoms with van der Waals surface area (Å²) in [7, 11) is -3.57. The molecule has 0 aliphatic rings. The first kappa shape index (κ1) is 21.7. The Hall–Kier alpha value is -2.98. The second-order valence-electron chi connectivity index (χ2n) is 6.58. The number of hydrogen-bond acceptors (Lipinski definition) is 7. The summed E-state index contributed by atoms with van der Waals surface area (Å²) in [6.07, 6.45) is 1.65. The highest BCUT2D eigenvalue weighted by Crippen LogP contribution is 2.25. The number of non-ortho nitro benzene ring substituents is 1. The van der Waals surface area contributed by atoms with Gasteiger partial charge in [-0.2, -0.15) is 0 Å². The molecule has 0 aliphatic carbocycles. The maximum absolute atomic E-state index is 12.8. The van der Waals surface area contributed by atoms with E-state index >= 15 is 0 Å². The molecule has 1 aromatic heterocycles. The third kappa shape index (κ3) is 5.14. The Morgan fingerprint density at radius 2 is 1.80 bits per heavy atom. The summed E-state index contributed by atoms with van der Waals surface area (Å²) in [5, 5.41) is 19.6. The molecule has 0 saturated heterocycles. The van der Waals surface area contributed by atoms with E-state index in [2.05, 4.69) is 16.8 Å². The Morgan fingerprint density at radius 3 is 2.40 bits per heavy atom. The third-order valence-corrected chi connectivity index (χ3v) is 6.99. The Labute approximate surface area is 178 Å². The van der Waals surface area contributed by atoms with Gasteiger partial charge in [0.05, 0.1) is 9.82 Å². The van der Waals surface area contributed by atoms with Crippen LogP contribution in [0, 0.1) is 17.0 Å². The highest BCUT2D eigenvalue weighted by molar-refractivity contribution is 7.98. The maximum Gasteiger partial charge on any atom is 0.269 e. The molecule has 0 bridgehead atoms. The van der Waals surface area contributed by atoms with E-state index in [9.17, 15) is 18.5 Å². The largest absolute Gasteiger partial charge is 0.301 e. The van der Waals surface area contributed by atoms with Gasteiger partial charge < -0.3 is 4.57 Å². The van der Waals surface area contributed by atoms with Crippen molar-refractivity contribution in [1.29, 1.82) is 0 Å². The lowest BCUT2D eigenvalue weighted by Crippen LogP contribution is -2.11. The number of allylic oxidation sites excluding steroid dienone is 1. The molecule has 0 atom stereocenters. The van der Waals surface area contributed by atoms with Crippen molar-refractivity contribution in [2.75, 3.05) is 0 Å². The van der Waals surface area contributed by atoms with Crippen LogP contribution in [0.4, 0.5) is 5.69 Å². The van der Waals surface area contributed by atoms with E-state index < -0.39 is 14.8 Å². The molecule has 3 aromatic rings. The zero-order chi connectivity index (χ0) is 21.7. The predicted molar refractivity (Wildman–Crippen MR) is 115 cm³/mol. The molecule has 0 radical (unpaired) electrons. The molecule has 0 aliphatic heterocycles. The van der Waals surface area contributed by atoms with Crippen molar-refractivity contribution in [1.82, 2.24) is 14.8 Å². The number of nitrogens with zero attached hydrogens (tertiary/aromatic N) is 4. The lowest BCUT2D eigenvalue weighted by Gasteiger charge is -2.09. The molecule has 8 nitrogen and oxygen atoms in total. The summed E-state index contributed by atoms with van der Waals surface area (Å²) >= 11 is 1.38. The second-order valence-corrected chi connectivity index (χ2v) is 9.51. The second kappa shape index (κ2) is 9.23. The molecule has 0 unspecified atom stereocenters. The molecule has 3 rings (SSSR count). The van der Waals surface area contributed by atoms with Crippen LogP contribution < -0.4 is 0 Å². The van der Waals surface area contributed by atoms with Gasteiger partial charge >= 0.3 is 0 Å². The minimum atomic E-state index is -3.57. The summed E-state index contributed by atoms with van der Waals surface area (Å²) in [6.45, 7) is 5.99. The van der Waals surface area contributed by atoms with Crippen molar-refractivity contribution in [3.05, 3.63) is 88.3 Å². The van der Waals surface area contributed by atoms with Crippen LogP contribution in [-0.2, 0) is 27.9 Å². The number of thioether (sulfide) groups is 1. The SMILES string of the molecule is C=CCn1c(CS(=O)(=O)c2ccc(C)cc2)nnc1SCc1ccc([N+](=O)[O-])cc1. The van der Waals surface area contributed by atoms with Crippen molar-refractivity contribution in [2.24, 2.45) is 0 Å². The maximum atomic E-state index is 12.8. The molecule has 0 spiro atoms. The van der Waals surface area contributed by atoms with E-state index in [-0.39, 0.29) is 16.3 Å². The van der Waals surface area contributed by atoms with E-state index in [1.807, 2.05) is 6.92 Å². The molecular formula is C20H20N4O4S2. The van der Waals surface area contributed by atoms with Crippen molar-refractivity contribution >= 4 is 27.3 Å². The molecule has 0 fully saturated rings. The van der Waals surface area contributed by atoms with Gasteiger partial charge in [-0.1, -0.05) is 47.7 Å². The topological polar surface area (TPSA) is 108 Å². The summed E-state index contributed by atoms with van der Waals surface area (Å²) in [6, 6.07) is 12.9. The van der Waals surface area contributed by atoms with Crippen molar-refractivity contribution < 1.29 is 13.3 Å². The van der Waals surface area contributed by atoms with Crippen LogP contribution in [0.25, 0.3) is 0 Å². The summed E-state index contributed by atoms with van der Waals surface area (Å²) in [5.41, 5.74) is 1.89. The van der Waals surface area contributed by atoms with Gasteiger partial charge in [0.15, 0.2) is 15.0 Å². The zero-order valence-electron chi connectivity index (χ0n) is 16.3. The van der Waals surface area contributed by atoms with Crippen LogP contribution in [0.5, 0.6) is 0 Å². The van der Waals surface area contributed by atoms with Crippen LogP contribution in [0.15, 0.2) is 71.2 Å². The molecular weight excluding hydrogens is 424 g/mol. The molecule has 2 aromatic carbocycles. The minimum absolute atomic E-state index is 0.0298.